The number of rotatable bonds is 3. The van der Waals surface area contributed by atoms with E-state index in [0.29, 0.717) is 16.2 Å². The number of anilines is 1. The Balaban J connectivity index is 1.79. The number of benzene rings is 1. The molecule has 96 valence electrons. The molecule has 0 spiro atoms. The number of thiazole rings is 1. The van der Waals surface area contributed by atoms with Crippen LogP contribution in [-0.4, -0.2) is 9.97 Å². The summed E-state index contributed by atoms with van der Waals surface area (Å²) < 4.78 is 0.564. The van der Waals surface area contributed by atoms with Gasteiger partial charge < -0.3 is 5.32 Å². The first-order valence-corrected chi connectivity index (χ1v) is 7.17. The van der Waals surface area contributed by atoms with Crippen molar-refractivity contribution >= 4 is 51.0 Å². The molecular weight excluding hydrogens is 301 g/mol. The lowest BCUT2D eigenvalue weighted by Crippen LogP contribution is -1.97. The van der Waals surface area contributed by atoms with E-state index in [2.05, 4.69) is 15.3 Å². The maximum atomic E-state index is 5.86. The van der Waals surface area contributed by atoms with Gasteiger partial charge in [-0.05, 0) is 23.6 Å². The van der Waals surface area contributed by atoms with Gasteiger partial charge in [0.05, 0.1) is 6.54 Å². The Labute approximate surface area is 124 Å². The molecule has 0 aliphatic heterocycles. The van der Waals surface area contributed by atoms with Crippen molar-refractivity contribution < 1.29 is 0 Å². The smallest absolute Gasteiger partial charge is 0.183 e. The van der Waals surface area contributed by atoms with Gasteiger partial charge in [-0.1, -0.05) is 29.3 Å². The number of hydrogen-bond donors (Lipinski definition) is 1. The van der Waals surface area contributed by atoms with Crippen LogP contribution < -0.4 is 5.32 Å². The second-order valence-corrected chi connectivity index (χ2v) is 6.09. The van der Waals surface area contributed by atoms with Crippen LogP contribution in [0.4, 0.5) is 5.69 Å². The molecule has 0 bridgehead atoms. The highest BCUT2D eigenvalue weighted by molar-refractivity contribution is 7.15. The van der Waals surface area contributed by atoms with Gasteiger partial charge in [0.25, 0.3) is 0 Å². The van der Waals surface area contributed by atoms with Gasteiger partial charge in [-0.3, -0.25) is 0 Å². The van der Waals surface area contributed by atoms with Crippen LogP contribution in [0.3, 0.4) is 0 Å². The number of aromatic nitrogens is 2. The second kappa shape index (κ2) is 5.33. The molecule has 0 aliphatic carbocycles. The minimum absolute atomic E-state index is 0.507. The van der Waals surface area contributed by atoms with Crippen molar-refractivity contribution in [1.29, 1.82) is 0 Å². The van der Waals surface area contributed by atoms with Crippen molar-refractivity contribution in [1.82, 2.24) is 9.97 Å². The van der Waals surface area contributed by atoms with Crippen LogP contribution in [0.25, 0.3) is 10.8 Å². The third-order valence-electron chi connectivity index (χ3n) is 2.68. The van der Waals surface area contributed by atoms with E-state index in [1.54, 1.807) is 12.4 Å². The summed E-state index contributed by atoms with van der Waals surface area (Å²) in [4.78, 5) is 9.19. The normalized spacial score (nSPS) is 10.8. The van der Waals surface area contributed by atoms with E-state index in [-0.39, 0.29) is 0 Å². The van der Waals surface area contributed by atoms with E-state index >= 15 is 0 Å². The van der Waals surface area contributed by atoms with Crippen molar-refractivity contribution in [2.24, 2.45) is 0 Å². The van der Waals surface area contributed by atoms with Crippen LogP contribution in [0.1, 0.15) is 4.88 Å². The molecule has 0 atom stereocenters. The van der Waals surface area contributed by atoms with Gasteiger partial charge in [0.1, 0.15) is 5.15 Å². The van der Waals surface area contributed by atoms with E-state index in [9.17, 15) is 0 Å². The topological polar surface area (TPSA) is 37.8 Å². The number of hydrogen-bond acceptors (Lipinski definition) is 4. The lowest BCUT2D eigenvalue weighted by molar-refractivity contribution is 1.18. The molecule has 19 heavy (non-hydrogen) atoms. The van der Waals surface area contributed by atoms with Crippen molar-refractivity contribution in [3.05, 3.63) is 51.2 Å². The lowest BCUT2D eigenvalue weighted by Gasteiger charge is -2.06. The van der Waals surface area contributed by atoms with Gasteiger partial charge in [-0.2, -0.15) is 0 Å². The van der Waals surface area contributed by atoms with Gasteiger partial charge in [-0.25, -0.2) is 9.97 Å². The molecule has 0 aliphatic rings. The van der Waals surface area contributed by atoms with Crippen molar-refractivity contribution in [2.75, 3.05) is 5.32 Å². The Kier molecular flexibility index (Phi) is 3.55. The average molecular weight is 310 g/mol. The van der Waals surface area contributed by atoms with Gasteiger partial charge >= 0.3 is 0 Å². The first-order valence-electron chi connectivity index (χ1n) is 5.60. The van der Waals surface area contributed by atoms with Crippen LogP contribution in [0.5, 0.6) is 0 Å². The quantitative estimate of drug-likeness (QED) is 0.718. The maximum absolute atomic E-state index is 5.86. The molecule has 3 aromatic rings. The summed E-state index contributed by atoms with van der Waals surface area (Å²) in [5.41, 5.74) is 1.03. The molecule has 1 aromatic carbocycles. The molecule has 0 amide bonds. The summed E-state index contributed by atoms with van der Waals surface area (Å²) in [6, 6.07) is 7.93. The number of nitrogens with zero attached hydrogens (tertiary/aromatic N) is 2. The summed E-state index contributed by atoms with van der Waals surface area (Å²) in [6.07, 6.45) is 3.55. The number of halogens is 2. The standard InChI is InChI=1S/C13H9Cl2N3S/c14-12-4-8-1-2-10(3-9(8)5-17-12)16-6-11-7-18-13(15)19-11/h1-5,7,16H,6H2. The zero-order chi connectivity index (χ0) is 13.2. The van der Waals surface area contributed by atoms with E-state index in [0.717, 1.165) is 21.3 Å². The summed E-state index contributed by atoms with van der Waals surface area (Å²) in [5, 5.41) is 5.97. The number of fused-ring (bicyclic) bond motifs is 1. The summed E-state index contributed by atoms with van der Waals surface area (Å²) in [6.45, 7) is 0.705. The molecule has 0 radical (unpaired) electrons. The SMILES string of the molecule is Clc1cc2ccc(NCc3cnc(Cl)s3)cc2cn1. The Morgan fingerprint density at radius 1 is 1.05 bits per heavy atom. The molecule has 0 fully saturated rings. The maximum Gasteiger partial charge on any atom is 0.183 e. The van der Waals surface area contributed by atoms with Crippen LogP contribution in [0.2, 0.25) is 9.62 Å². The fourth-order valence-corrected chi connectivity index (χ4v) is 2.86. The highest BCUT2D eigenvalue weighted by atomic mass is 35.5. The first-order chi connectivity index (χ1) is 9.20. The monoisotopic (exact) mass is 309 g/mol. The minimum Gasteiger partial charge on any atom is -0.380 e. The molecule has 0 saturated heterocycles. The molecular formula is C13H9Cl2N3S. The van der Waals surface area contributed by atoms with Crippen molar-refractivity contribution in [3.63, 3.8) is 0 Å². The Morgan fingerprint density at radius 2 is 1.95 bits per heavy atom. The molecule has 1 N–H and O–H groups in total. The molecule has 3 rings (SSSR count). The van der Waals surface area contributed by atoms with Crippen molar-refractivity contribution in [3.8, 4) is 0 Å². The average Bonchev–Trinajstić information content (AvgIpc) is 2.82. The van der Waals surface area contributed by atoms with Gasteiger partial charge in [-0.15, -0.1) is 11.3 Å². The Hall–Kier alpha value is -1.36. The Bertz CT molecular complexity index is 727. The third kappa shape index (κ3) is 2.97. The molecule has 0 unspecified atom stereocenters. The van der Waals surface area contributed by atoms with Gasteiger partial charge in [0.2, 0.25) is 0 Å². The summed E-state index contributed by atoms with van der Waals surface area (Å²) in [5.74, 6) is 0. The summed E-state index contributed by atoms with van der Waals surface area (Å²) >= 11 is 13.1. The predicted octanol–water partition coefficient (Wildman–Crippen LogP) is 4.61. The van der Waals surface area contributed by atoms with Crippen molar-refractivity contribution in [2.45, 2.75) is 6.54 Å². The lowest BCUT2D eigenvalue weighted by atomic mass is 10.1. The second-order valence-electron chi connectivity index (χ2n) is 4.00. The van der Waals surface area contributed by atoms with Gasteiger partial charge in [0, 0.05) is 28.3 Å². The first kappa shape index (κ1) is 12.7. The summed E-state index contributed by atoms with van der Waals surface area (Å²) in [7, 11) is 0. The molecule has 3 nitrogen and oxygen atoms in total. The van der Waals surface area contributed by atoms with Gasteiger partial charge in [0.15, 0.2) is 4.47 Å². The van der Waals surface area contributed by atoms with Crippen LogP contribution >= 0.6 is 34.5 Å². The molecule has 2 heterocycles. The Morgan fingerprint density at radius 3 is 2.74 bits per heavy atom. The highest BCUT2D eigenvalue weighted by Crippen LogP contribution is 2.23. The van der Waals surface area contributed by atoms with E-state index < -0.39 is 0 Å². The highest BCUT2D eigenvalue weighted by Gasteiger charge is 2.01. The van der Waals surface area contributed by atoms with E-state index in [4.69, 9.17) is 23.2 Å². The van der Waals surface area contributed by atoms with E-state index in [1.807, 2.05) is 24.3 Å². The van der Waals surface area contributed by atoms with E-state index in [1.165, 1.54) is 11.3 Å². The number of nitrogens with one attached hydrogen (secondary N) is 1. The van der Waals surface area contributed by atoms with Crippen LogP contribution in [-0.2, 0) is 6.54 Å². The molecule has 6 heteroatoms. The minimum atomic E-state index is 0.507. The molecule has 2 aromatic heterocycles. The van der Waals surface area contributed by atoms with Crippen LogP contribution in [0.15, 0.2) is 36.7 Å². The van der Waals surface area contributed by atoms with Crippen LogP contribution in [0, 0.1) is 0 Å². The largest absolute Gasteiger partial charge is 0.380 e. The fourth-order valence-electron chi connectivity index (χ4n) is 1.78. The predicted molar refractivity (Wildman–Crippen MR) is 81.2 cm³/mol. The number of pyridine rings is 1. The molecule has 0 saturated carbocycles. The third-order valence-corrected chi connectivity index (χ3v) is 4.00. The zero-order valence-electron chi connectivity index (χ0n) is 9.73. The fraction of sp³-hybridized carbons (Fsp3) is 0.0769. The zero-order valence-corrected chi connectivity index (χ0v) is 12.1.